The summed E-state index contributed by atoms with van der Waals surface area (Å²) >= 11 is 0. The van der Waals surface area contributed by atoms with Crippen LogP contribution < -0.4 is 0 Å². The molecule has 55 heavy (non-hydrogen) atoms. The highest BCUT2D eigenvalue weighted by Gasteiger charge is 2.19. The van der Waals surface area contributed by atoms with E-state index in [2.05, 4.69) is 81.5 Å². The molecule has 0 bridgehead atoms. The van der Waals surface area contributed by atoms with E-state index in [1.807, 2.05) is 0 Å². The molecule has 0 aliphatic heterocycles. The molecule has 0 aromatic rings. The molecular formula is C49H84O6. The lowest BCUT2D eigenvalue weighted by Gasteiger charge is -2.18. The molecule has 316 valence electrons. The summed E-state index contributed by atoms with van der Waals surface area (Å²) in [6.45, 7) is 6.41. The maximum atomic E-state index is 12.7. The summed E-state index contributed by atoms with van der Waals surface area (Å²) in [5.41, 5.74) is 0. The van der Waals surface area contributed by atoms with Crippen LogP contribution in [0.5, 0.6) is 0 Å². The van der Waals surface area contributed by atoms with Gasteiger partial charge in [0, 0.05) is 19.3 Å². The molecule has 0 heterocycles. The van der Waals surface area contributed by atoms with E-state index in [9.17, 15) is 14.4 Å². The largest absolute Gasteiger partial charge is 0.462 e. The van der Waals surface area contributed by atoms with Gasteiger partial charge in [-0.1, -0.05) is 171 Å². The molecule has 0 aromatic carbocycles. The third-order valence-corrected chi connectivity index (χ3v) is 9.51. The topological polar surface area (TPSA) is 78.9 Å². The average molecular weight is 769 g/mol. The number of ether oxygens (including phenoxy) is 3. The van der Waals surface area contributed by atoms with Gasteiger partial charge in [-0.25, -0.2) is 0 Å². The molecule has 0 amide bonds. The molecule has 0 saturated heterocycles. The molecule has 1 atom stereocenters. The third-order valence-electron chi connectivity index (χ3n) is 9.51. The van der Waals surface area contributed by atoms with E-state index in [1.165, 1.54) is 51.4 Å². The Morgan fingerprint density at radius 2 is 0.709 bits per heavy atom. The Kier molecular flexibility index (Phi) is 41.5. The second-order valence-electron chi connectivity index (χ2n) is 14.9. The highest BCUT2D eigenvalue weighted by molar-refractivity contribution is 5.71. The molecule has 0 aliphatic carbocycles. The van der Waals surface area contributed by atoms with Crippen molar-refractivity contribution in [2.24, 2.45) is 0 Å². The van der Waals surface area contributed by atoms with Crippen LogP contribution in [0.25, 0.3) is 0 Å². The monoisotopic (exact) mass is 769 g/mol. The summed E-state index contributed by atoms with van der Waals surface area (Å²) in [6, 6.07) is 0. The number of unbranched alkanes of at least 4 members (excludes halogenated alkanes) is 19. The quantitative estimate of drug-likeness (QED) is 0.0267. The van der Waals surface area contributed by atoms with Gasteiger partial charge in [0.2, 0.25) is 0 Å². The zero-order valence-electron chi connectivity index (χ0n) is 35.9. The lowest BCUT2D eigenvalue weighted by atomic mass is 10.1. The van der Waals surface area contributed by atoms with Crippen molar-refractivity contribution < 1.29 is 28.6 Å². The van der Waals surface area contributed by atoms with Gasteiger partial charge in [-0.15, -0.1) is 0 Å². The number of rotatable bonds is 40. The summed E-state index contributed by atoms with van der Waals surface area (Å²) in [6.07, 6.45) is 52.1. The van der Waals surface area contributed by atoms with Crippen LogP contribution in [0.2, 0.25) is 0 Å². The van der Waals surface area contributed by atoms with E-state index < -0.39 is 6.10 Å². The Morgan fingerprint density at radius 3 is 1.15 bits per heavy atom. The molecule has 0 aromatic heterocycles. The fourth-order valence-electron chi connectivity index (χ4n) is 6.07. The van der Waals surface area contributed by atoms with Crippen molar-refractivity contribution in [2.45, 2.75) is 219 Å². The Balaban J connectivity index is 4.37. The molecule has 0 radical (unpaired) electrons. The van der Waals surface area contributed by atoms with Crippen molar-refractivity contribution in [2.75, 3.05) is 13.2 Å². The second kappa shape index (κ2) is 43.8. The van der Waals surface area contributed by atoms with E-state index in [0.717, 1.165) is 122 Å². The molecule has 6 heteroatoms. The van der Waals surface area contributed by atoms with Crippen LogP contribution in [-0.2, 0) is 28.6 Å². The maximum absolute atomic E-state index is 12.7. The second-order valence-corrected chi connectivity index (χ2v) is 14.9. The Morgan fingerprint density at radius 1 is 0.382 bits per heavy atom. The van der Waals surface area contributed by atoms with Gasteiger partial charge in [-0.05, 0) is 83.5 Å². The van der Waals surface area contributed by atoms with E-state index >= 15 is 0 Å². The van der Waals surface area contributed by atoms with Crippen LogP contribution >= 0.6 is 0 Å². The van der Waals surface area contributed by atoms with E-state index in [1.54, 1.807) is 0 Å². The molecule has 0 fully saturated rings. The summed E-state index contributed by atoms with van der Waals surface area (Å²) in [5, 5.41) is 0. The predicted molar refractivity (Wildman–Crippen MR) is 233 cm³/mol. The first-order valence-corrected chi connectivity index (χ1v) is 22.8. The molecule has 1 unspecified atom stereocenters. The number of allylic oxidation sites excluding steroid dienone is 10. The highest BCUT2D eigenvalue weighted by atomic mass is 16.6. The van der Waals surface area contributed by atoms with Gasteiger partial charge in [0.1, 0.15) is 13.2 Å². The summed E-state index contributed by atoms with van der Waals surface area (Å²) in [4.78, 5) is 37.6. The van der Waals surface area contributed by atoms with Crippen LogP contribution in [0.3, 0.4) is 0 Å². The number of esters is 3. The van der Waals surface area contributed by atoms with Crippen LogP contribution in [0.4, 0.5) is 0 Å². The van der Waals surface area contributed by atoms with Crippen LogP contribution in [-0.4, -0.2) is 37.2 Å². The molecule has 0 saturated carbocycles. The van der Waals surface area contributed by atoms with E-state index in [4.69, 9.17) is 14.2 Å². The van der Waals surface area contributed by atoms with Crippen molar-refractivity contribution in [3.63, 3.8) is 0 Å². The summed E-state index contributed by atoms with van der Waals surface area (Å²) in [5.74, 6) is -0.927. The van der Waals surface area contributed by atoms with E-state index in [0.29, 0.717) is 19.3 Å². The molecule has 0 N–H and O–H groups in total. The van der Waals surface area contributed by atoms with Crippen molar-refractivity contribution in [3.05, 3.63) is 60.8 Å². The number of hydrogen-bond donors (Lipinski definition) is 0. The molecule has 0 aliphatic rings. The van der Waals surface area contributed by atoms with Crippen molar-refractivity contribution in [1.29, 1.82) is 0 Å². The minimum Gasteiger partial charge on any atom is -0.462 e. The van der Waals surface area contributed by atoms with Gasteiger partial charge in [-0.2, -0.15) is 0 Å². The van der Waals surface area contributed by atoms with Gasteiger partial charge in [0.05, 0.1) is 0 Å². The van der Waals surface area contributed by atoms with Crippen molar-refractivity contribution >= 4 is 17.9 Å². The number of hydrogen-bond acceptors (Lipinski definition) is 6. The van der Waals surface area contributed by atoms with Gasteiger partial charge < -0.3 is 14.2 Å². The molecule has 0 rings (SSSR count). The van der Waals surface area contributed by atoms with Crippen LogP contribution in [0, 0.1) is 0 Å². The van der Waals surface area contributed by atoms with Gasteiger partial charge in [-0.3, -0.25) is 14.4 Å². The first-order chi connectivity index (χ1) is 27.0. The Bertz CT molecular complexity index is 1020. The van der Waals surface area contributed by atoms with Gasteiger partial charge in [0.25, 0.3) is 0 Å². The Labute approximate surface area is 339 Å². The van der Waals surface area contributed by atoms with Gasteiger partial charge in [0.15, 0.2) is 6.10 Å². The minimum absolute atomic E-state index is 0.0858. The number of carbonyl (C=O) groups is 3. The normalized spacial score (nSPS) is 12.6. The van der Waals surface area contributed by atoms with Crippen molar-refractivity contribution in [3.8, 4) is 0 Å². The standard InChI is InChI=1S/C49H84O6/c1-4-7-10-13-16-18-20-22-24-26-28-30-33-36-39-42-48(51)54-45-46(44-53-47(50)41-38-35-32-15-12-9-6-3)55-49(52)43-40-37-34-31-29-27-25-23-21-19-17-14-11-8-5-2/h7,10,16-19,22-25,46H,4-6,8-9,11-15,20-21,26-45H2,1-3H3/b10-7-,18-16-,19-17-,24-22-,25-23-. The van der Waals surface area contributed by atoms with E-state index in [-0.39, 0.29) is 31.1 Å². The van der Waals surface area contributed by atoms with Crippen LogP contribution in [0.1, 0.15) is 213 Å². The average Bonchev–Trinajstić information content (AvgIpc) is 3.18. The van der Waals surface area contributed by atoms with Gasteiger partial charge >= 0.3 is 17.9 Å². The minimum atomic E-state index is -0.783. The molecule has 0 spiro atoms. The molecular weight excluding hydrogens is 685 g/mol. The van der Waals surface area contributed by atoms with Crippen LogP contribution in [0.15, 0.2) is 60.8 Å². The zero-order chi connectivity index (χ0) is 40.1. The predicted octanol–water partition coefficient (Wildman–Crippen LogP) is 14.5. The maximum Gasteiger partial charge on any atom is 0.306 e. The highest BCUT2D eigenvalue weighted by Crippen LogP contribution is 2.13. The van der Waals surface area contributed by atoms with Crippen molar-refractivity contribution in [1.82, 2.24) is 0 Å². The number of carbonyl (C=O) groups excluding carboxylic acids is 3. The lowest BCUT2D eigenvalue weighted by molar-refractivity contribution is -0.167. The lowest BCUT2D eigenvalue weighted by Crippen LogP contribution is -2.30. The first-order valence-electron chi connectivity index (χ1n) is 22.8. The molecule has 6 nitrogen and oxygen atoms in total. The smallest absolute Gasteiger partial charge is 0.306 e. The fourth-order valence-corrected chi connectivity index (χ4v) is 6.07. The fraction of sp³-hybridized carbons (Fsp3) is 0.735. The SMILES string of the molecule is CC/C=C\C/C=C\C/C=C\CCCCCCCC(=O)OCC(COC(=O)CCCCCCCCC)OC(=O)CCCCCCC/C=C\C/C=C\CCCCC. The first kappa shape index (κ1) is 52.1. The zero-order valence-corrected chi connectivity index (χ0v) is 35.9. The Hall–Kier alpha value is -2.89. The summed E-state index contributed by atoms with van der Waals surface area (Å²) in [7, 11) is 0. The summed E-state index contributed by atoms with van der Waals surface area (Å²) < 4.78 is 16.6. The third kappa shape index (κ3) is 42.1.